The topological polar surface area (TPSA) is 12.0 Å². The standard InChI is InChI=1S/C11H14FN/c1-9-5-3-6-10(11(9)12)7-4-8-13-2/h3-7,13H,8H2,1-2H3. The summed E-state index contributed by atoms with van der Waals surface area (Å²) in [6.07, 6.45) is 3.69. The average Bonchev–Trinajstić information content (AvgIpc) is 2.13. The fraction of sp³-hybridized carbons (Fsp3) is 0.273. The molecule has 0 fully saturated rings. The van der Waals surface area contributed by atoms with E-state index in [1.807, 2.05) is 19.2 Å². The maximum Gasteiger partial charge on any atom is 0.133 e. The molecule has 0 radical (unpaired) electrons. The van der Waals surface area contributed by atoms with Gasteiger partial charge in [-0.1, -0.05) is 30.4 Å². The average molecular weight is 179 g/mol. The maximum absolute atomic E-state index is 13.4. The van der Waals surface area contributed by atoms with Crippen molar-refractivity contribution in [2.75, 3.05) is 13.6 Å². The van der Waals surface area contributed by atoms with Gasteiger partial charge in [0.1, 0.15) is 5.82 Å². The van der Waals surface area contributed by atoms with Crippen LogP contribution in [0, 0.1) is 12.7 Å². The van der Waals surface area contributed by atoms with Crippen molar-refractivity contribution in [1.82, 2.24) is 5.32 Å². The molecule has 0 aliphatic carbocycles. The molecule has 0 saturated carbocycles. The van der Waals surface area contributed by atoms with Crippen LogP contribution in [0.4, 0.5) is 4.39 Å². The van der Waals surface area contributed by atoms with Gasteiger partial charge in [-0.25, -0.2) is 4.39 Å². The van der Waals surface area contributed by atoms with Gasteiger partial charge in [0.2, 0.25) is 0 Å². The molecule has 1 rings (SSSR count). The lowest BCUT2D eigenvalue weighted by Gasteiger charge is -1.99. The predicted octanol–water partition coefficient (Wildman–Crippen LogP) is 2.37. The highest BCUT2D eigenvalue weighted by molar-refractivity contribution is 5.51. The molecule has 0 aromatic heterocycles. The molecule has 0 aliphatic heterocycles. The highest BCUT2D eigenvalue weighted by Crippen LogP contribution is 2.12. The summed E-state index contributed by atoms with van der Waals surface area (Å²) in [7, 11) is 1.86. The number of halogens is 1. The van der Waals surface area contributed by atoms with E-state index in [2.05, 4.69) is 5.32 Å². The quantitative estimate of drug-likeness (QED) is 0.751. The van der Waals surface area contributed by atoms with E-state index in [9.17, 15) is 4.39 Å². The Bertz CT molecular complexity index is 305. The predicted molar refractivity (Wildman–Crippen MR) is 54.1 cm³/mol. The normalized spacial score (nSPS) is 11.0. The van der Waals surface area contributed by atoms with E-state index in [1.54, 1.807) is 25.1 Å². The lowest BCUT2D eigenvalue weighted by Crippen LogP contribution is -2.03. The Hall–Kier alpha value is -1.15. The van der Waals surface area contributed by atoms with Crippen LogP contribution in [-0.4, -0.2) is 13.6 Å². The molecule has 0 unspecified atom stereocenters. The minimum absolute atomic E-state index is 0.130. The highest BCUT2D eigenvalue weighted by Gasteiger charge is 1.99. The molecule has 0 amide bonds. The molecule has 1 aromatic rings. The molecule has 1 nitrogen and oxygen atoms in total. The summed E-state index contributed by atoms with van der Waals surface area (Å²) >= 11 is 0. The van der Waals surface area contributed by atoms with Crippen LogP contribution in [0.5, 0.6) is 0 Å². The van der Waals surface area contributed by atoms with Crippen LogP contribution >= 0.6 is 0 Å². The molecule has 1 N–H and O–H groups in total. The van der Waals surface area contributed by atoms with E-state index < -0.39 is 0 Å². The highest BCUT2D eigenvalue weighted by atomic mass is 19.1. The Kier molecular flexibility index (Phi) is 3.65. The number of likely N-dealkylation sites (N-methyl/N-ethyl adjacent to an activating group) is 1. The van der Waals surface area contributed by atoms with Crippen LogP contribution in [0.25, 0.3) is 6.08 Å². The van der Waals surface area contributed by atoms with Crippen LogP contribution < -0.4 is 5.32 Å². The van der Waals surface area contributed by atoms with Gasteiger partial charge in [0.25, 0.3) is 0 Å². The third kappa shape index (κ3) is 2.67. The molecular formula is C11H14FN. The van der Waals surface area contributed by atoms with Crippen LogP contribution in [0.2, 0.25) is 0 Å². The van der Waals surface area contributed by atoms with E-state index >= 15 is 0 Å². The Balaban J connectivity index is 2.83. The zero-order valence-electron chi connectivity index (χ0n) is 7.97. The minimum Gasteiger partial charge on any atom is -0.316 e. The van der Waals surface area contributed by atoms with Crippen LogP contribution in [0.3, 0.4) is 0 Å². The van der Waals surface area contributed by atoms with Gasteiger partial charge in [0.15, 0.2) is 0 Å². The number of benzene rings is 1. The van der Waals surface area contributed by atoms with Crippen molar-refractivity contribution in [3.63, 3.8) is 0 Å². The molecule has 0 aliphatic rings. The first-order valence-corrected chi connectivity index (χ1v) is 4.32. The SMILES string of the molecule is CNCC=Cc1cccc(C)c1F. The summed E-state index contributed by atoms with van der Waals surface area (Å²) in [6.45, 7) is 2.53. The van der Waals surface area contributed by atoms with E-state index in [-0.39, 0.29) is 5.82 Å². The third-order valence-corrected chi connectivity index (χ3v) is 1.84. The van der Waals surface area contributed by atoms with Crippen molar-refractivity contribution in [2.45, 2.75) is 6.92 Å². The second-order valence-electron chi connectivity index (χ2n) is 2.94. The van der Waals surface area contributed by atoms with Crippen LogP contribution in [-0.2, 0) is 0 Å². The first kappa shape index (κ1) is 9.93. The van der Waals surface area contributed by atoms with Crippen molar-refractivity contribution in [1.29, 1.82) is 0 Å². The van der Waals surface area contributed by atoms with Crippen molar-refractivity contribution in [3.8, 4) is 0 Å². The zero-order chi connectivity index (χ0) is 9.68. The van der Waals surface area contributed by atoms with E-state index in [0.717, 1.165) is 6.54 Å². The van der Waals surface area contributed by atoms with Gasteiger partial charge >= 0.3 is 0 Å². The lowest BCUT2D eigenvalue weighted by molar-refractivity contribution is 0.616. The molecule has 0 heterocycles. The second-order valence-corrected chi connectivity index (χ2v) is 2.94. The van der Waals surface area contributed by atoms with Gasteiger partial charge in [-0.2, -0.15) is 0 Å². The van der Waals surface area contributed by atoms with Crippen molar-refractivity contribution >= 4 is 6.08 Å². The monoisotopic (exact) mass is 179 g/mol. The first-order valence-electron chi connectivity index (χ1n) is 4.32. The fourth-order valence-electron chi connectivity index (χ4n) is 1.10. The maximum atomic E-state index is 13.4. The van der Waals surface area contributed by atoms with E-state index in [4.69, 9.17) is 0 Å². The van der Waals surface area contributed by atoms with Gasteiger partial charge < -0.3 is 5.32 Å². The summed E-state index contributed by atoms with van der Waals surface area (Å²) in [5, 5.41) is 2.96. The molecule has 0 saturated heterocycles. The second kappa shape index (κ2) is 4.77. The first-order chi connectivity index (χ1) is 6.25. The number of aryl methyl sites for hydroxylation is 1. The molecule has 0 atom stereocenters. The molecular weight excluding hydrogens is 165 g/mol. The smallest absolute Gasteiger partial charge is 0.133 e. The van der Waals surface area contributed by atoms with Crippen molar-refractivity contribution in [3.05, 3.63) is 41.2 Å². The molecule has 2 heteroatoms. The number of nitrogens with one attached hydrogen (secondary N) is 1. The van der Waals surface area contributed by atoms with Gasteiger partial charge in [-0.15, -0.1) is 0 Å². The molecule has 70 valence electrons. The Morgan fingerprint density at radius 3 is 2.92 bits per heavy atom. The Labute approximate surface area is 78.3 Å². The summed E-state index contributed by atoms with van der Waals surface area (Å²) in [6, 6.07) is 5.40. The van der Waals surface area contributed by atoms with Crippen LogP contribution in [0.1, 0.15) is 11.1 Å². The zero-order valence-corrected chi connectivity index (χ0v) is 7.97. The molecule has 13 heavy (non-hydrogen) atoms. The summed E-state index contributed by atoms with van der Waals surface area (Å²) in [4.78, 5) is 0. The minimum atomic E-state index is -0.130. The number of hydrogen-bond donors (Lipinski definition) is 1. The molecule has 0 spiro atoms. The van der Waals surface area contributed by atoms with E-state index in [1.165, 1.54) is 0 Å². The Morgan fingerprint density at radius 1 is 1.46 bits per heavy atom. The number of hydrogen-bond acceptors (Lipinski definition) is 1. The largest absolute Gasteiger partial charge is 0.316 e. The van der Waals surface area contributed by atoms with Gasteiger partial charge in [-0.05, 0) is 19.5 Å². The summed E-state index contributed by atoms with van der Waals surface area (Å²) < 4.78 is 13.4. The lowest BCUT2D eigenvalue weighted by atomic mass is 10.1. The fourth-order valence-corrected chi connectivity index (χ4v) is 1.10. The molecule has 0 bridgehead atoms. The van der Waals surface area contributed by atoms with Gasteiger partial charge in [0.05, 0.1) is 0 Å². The van der Waals surface area contributed by atoms with Crippen LogP contribution in [0.15, 0.2) is 24.3 Å². The summed E-state index contributed by atoms with van der Waals surface area (Å²) in [5.41, 5.74) is 1.34. The van der Waals surface area contributed by atoms with Crippen molar-refractivity contribution in [2.24, 2.45) is 0 Å². The molecule has 1 aromatic carbocycles. The Morgan fingerprint density at radius 2 is 2.23 bits per heavy atom. The number of rotatable bonds is 3. The summed E-state index contributed by atoms with van der Waals surface area (Å²) in [5.74, 6) is -0.130. The van der Waals surface area contributed by atoms with Gasteiger partial charge in [0, 0.05) is 12.1 Å². The third-order valence-electron chi connectivity index (χ3n) is 1.84. The van der Waals surface area contributed by atoms with Crippen molar-refractivity contribution < 1.29 is 4.39 Å². The van der Waals surface area contributed by atoms with Gasteiger partial charge in [-0.3, -0.25) is 0 Å². The van der Waals surface area contributed by atoms with E-state index in [0.29, 0.717) is 11.1 Å².